The fourth-order valence-electron chi connectivity index (χ4n) is 2.14. The molecular formula is C15H17BrN2O2. The van der Waals surface area contributed by atoms with E-state index in [2.05, 4.69) is 25.9 Å². The molecule has 0 aliphatic carbocycles. The van der Waals surface area contributed by atoms with Crippen LogP contribution in [0, 0.1) is 5.92 Å². The van der Waals surface area contributed by atoms with Crippen LogP contribution in [-0.2, 0) is 9.53 Å². The van der Waals surface area contributed by atoms with Crippen LogP contribution >= 0.6 is 15.9 Å². The number of methoxy groups -OCH3 is 1. The topological polar surface area (TPSA) is 55.0 Å². The molecule has 0 saturated carbocycles. The molecule has 2 aromatic rings. The highest BCUT2D eigenvalue weighted by atomic mass is 79.9. The minimum Gasteiger partial charge on any atom is -0.468 e. The van der Waals surface area contributed by atoms with Gasteiger partial charge in [0.15, 0.2) is 0 Å². The summed E-state index contributed by atoms with van der Waals surface area (Å²) in [6.07, 6.45) is 1.74. The summed E-state index contributed by atoms with van der Waals surface area (Å²) in [7, 11) is 1.40. The number of nitrogens with zero attached hydrogens (tertiary/aromatic N) is 1. The molecule has 0 aliphatic heterocycles. The Balaban J connectivity index is 2.37. The summed E-state index contributed by atoms with van der Waals surface area (Å²) in [4.78, 5) is 19.4. The van der Waals surface area contributed by atoms with E-state index in [1.54, 1.807) is 6.20 Å². The van der Waals surface area contributed by atoms with Gasteiger partial charge >= 0.3 is 5.97 Å². The van der Waals surface area contributed by atoms with Crippen LogP contribution in [0.5, 0.6) is 0 Å². The van der Waals surface area contributed by atoms with Crippen LogP contribution in [0.3, 0.4) is 0 Å². The van der Waals surface area contributed by atoms with Gasteiger partial charge in [-0.1, -0.05) is 48.0 Å². The predicted octanol–water partition coefficient (Wildman–Crippen LogP) is 3.75. The SMILES string of the molecule is COC(=O)C(c1ncc(-c2ccccc2Br)[nH]1)C(C)C. The summed E-state index contributed by atoms with van der Waals surface area (Å²) < 4.78 is 5.84. The average Bonchev–Trinajstić information content (AvgIpc) is 2.88. The molecule has 2 rings (SSSR count). The van der Waals surface area contributed by atoms with Gasteiger partial charge in [-0.25, -0.2) is 4.98 Å². The first-order chi connectivity index (χ1) is 9.54. The lowest BCUT2D eigenvalue weighted by Crippen LogP contribution is -2.20. The van der Waals surface area contributed by atoms with Crippen LogP contribution in [0.15, 0.2) is 34.9 Å². The van der Waals surface area contributed by atoms with Crippen molar-refractivity contribution in [2.75, 3.05) is 7.11 Å². The second kappa shape index (κ2) is 6.22. The maximum atomic E-state index is 11.9. The van der Waals surface area contributed by atoms with Crippen molar-refractivity contribution in [3.63, 3.8) is 0 Å². The van der Waals surface area contributed by atoms with E-state index in [9.17, 15) is 4.79 Å². The lowest BCUT2D eigenvalue weighted by atomic mass is 9.95. The third kappa shape index (κ3) is 2.93. The number of hydrogen-bond acceptors (Lipinski definition) is 3. The van der Waals surface area contributed by atoms with Crippen molar-refractivity contribution in [2.24, 2.45) is 5.92 Å². The largest absolute Gasteiger partial charge is 0.468 e. The lowest BCUT2D eigenvalue weighted by molar-refractivity contribution is -0.143. The van der Waals surface area contributed by atoms with E-state index in [1.807, 2.05) is 38.1 Å². The highest BCUT2D eigenvalue weighted by Gasteiger charge is 2.28. The Labute approximate surface area is 126 Å². The smallest absolute Gasteiger partial charge is 0.316 e. The van der Waals surface area contributed by atoms with Crippen molar-refractivity contribution < 1.29 is 9.53 Å². The highest BCUT2D eigenvalue weighted by Crippen LogP contribution is 2.29. The number of carbonyl (C=O) groups excluding carboxylic acids is 1. The zero-order valence-electron chi connectivity index (χ0n) is 11.7. The number of aromatic amines is 1. The molecule has 1 heterocycles. The molecule has 0 aliphatic rings. The molecule has 20 heavy (non-hydrogen) atoms. The van der Waals surface area contributed by atoms with Crippen LogP contribution in [0.1, 0.15) is 25.6 Å². The molecule has 1 unspecified atom stereocenters. The van der Waals surface area contributed by atoms with Crippen LogP contribution in [0.2, 0.25) is 0 Å². The maximum absolute atomic E-state index is 11.9. The Hall–Kier alpha value is -1.62. The number of ether oxygens (including phenoxy) is 1. The Bertz CT molecular complexity index is 607. The summed E-state index contributed by atoms with van der Waals surface area (Å²) in [5.41, 5.74) is 1.89. The van der Waals surface area contributed by atoms with Gasteiger partial charge in [0.1, 0.15) is 11.7 Å². The first-order valence-electron chi connectivity index (χ1n) is 6.42. The third-order valence-electron chi connectivity index (χ3n) is 3.18. The second-order valence-electron chi connectivity index (χ2n) is 4.91. The third-order valence-corrected chi connectivity index (χ3v) is 3.87. The number of esters is 1. The molecule has 0 saturated heterocycles. The zero-order chi connectivity index (χ0) is 14.7. The predicted molar refractivity (Wildman–Crippen MR) is 81.3 cm³/mol. The van der Waals surface area contributed by atoms with Gasteiger partial charge < -0.3 is 9.72 Å². The molecule has 4 nitrogen and oxygen atoms in total. The number of halogens is 1. The molecule has 1 atom stereocenters. The van der Waals surface area contributed by atoms with E-state index in [1.165, 1.54) is 7.11 Å². The minimum absolute atomic E-state index is 0.112. The van der Waals surface area contributed by atoms with E-state index in [0.29, 0.717) is 5.82 Å². The standard InChI is InChI=1S/C15H17BrN2O2/c1-9(2)13(15(19)20-3)14-17-8-12(18-14)10-6-4-5-7-11(10)16/h4-9,13H,1-3H3,(H,17,18). The normalized spacial score (nSPS) is 12.4. The van der Waals surface area contributed by atoms with Crippen molar-refractivity contribution in [1.82, 2.24) is 9.97 Å². The Morgan fingerprint density at radius 2 is 2.05 bits per heavy atom. The fraction of sp³-hybridized carbons (Fsp3) is 0.333. The fourth-order valence-corrected chi connectivity index (χ4v) is 2.64. The number of rotatable bonds is 4. The van der Waals surface area contributed by atoms with Crippen LogP contribution in [-0.4, -0.2) is 23.0 Å². The molecule has 1 aromatic carbocycles. The van der Waals surface area contributed by atoms with Gasteiger partial charge in [-0.3, -0.25) is 4.79 Å². The van der Waals surface area contributed by atoms with Gasteiger partial charge in [0.2, 0.25) is 0 Å². The molecule has 1 N–H and O–H groups in total. The van der Waals surface area contributed by atoms with Crippen molar-refractivity contribution >= 4 is 21.9 Å². The first kappa shape index (κ1) is 14.8. The summed E-state index contributed by atoms with van der Waals surface area (Å²) >= 11 is 3.51. The van der Waals surface area contributed by atoms with E-state index in [-0.39, 0.29) is 17.8 Å². The number of hydrogen-bond donors (Lipinski definition) is 1. The Morgan fingerprint density at radius 1 is 1.35 bits per heavy atom. The minimum atomic E-state index is -0.378. The number of aromatic nitrogens is 2. The molecule has 0 spiro atoms. The van der Waals surface area contributed by atoms with E-state index < -0.39 is 0 Å². The molecule has 5 heteroatoms. The van der Waals surface area contributed by atoms with E-state index in [4.69, 9.17) is 4.74 Å². The molecule has 106 valence electrons. The first-order valence-corrected chi connectivity index (χ1v) is 7.21. The maximum Gasteiger partial charge on any atom is 0.316 e. The molecular weight excluding hydrogens is 320 g/mol. The number of nitrogens with one attached hydrogen (secondary N) is 1. The number of carbonyl (C=O) groups is 1. The van der Waals surface area contributed by atoms with Gasteiger partial charge in [-0.05, 0) is 12.0 Å². The van der Waals surface area contributed by atoms with Crippen molar-refractivity contribution in [1.29, 1.82) is 0 Å². The molecule has 0 bridgehead atoms. The Kier molecular flexibility index (Phi) is 4.60. The van der Waals surface area contributed by atoms with Crippen molar-refractivity contribution in [3.05, 3.63) is 40.8 Å². The quantitative estimate of drug-likeness (QED) is 0.865. The summed E-state index contributed by atoms with van der Waals surface area (Å²) in [6, 6.07) is 7.87. The average molecular weight is 337 g/mol. The van der Waals surface area contributed by atoms with Gasteiger partial charge in [0.05, 0.1) is 19.0 Å². The van der Waals surface area contributed by atoms with Crippen LogP contribution < -0.4 is 0 Å². The summed E-state index contributed by atoms with van der Waals surface area (Å²) in [5, 5.41) is 0. The van der Waals surface area contributed by atoms with E-state index in [0.717, 1.165) is 15.7 Å². The zero-order valence-corrected chi connectivity index (χ0v) is 13.3. The monoisotopic (exact) mass is 336 g/mol. The lowest BCUT2D eigenvalue weighted by Gasteiger charge is -2.15. The van der Waals surface area contributed by atoms with E-state index >= 15 is 0 Å². The second-order valence-corrected chi connectivity index (χ2v) is 5.76. The van der Waals surface area contributed by atoms with Crippen LogP contribution in [0.25, 0.3) is 11.3 Å². The molecule has 0 radical (unpaired) electrons. The molecule has 1 aromatic heterocycles. The molecule has 0 fully saturated rings. The number of H-pyrrole nitrogens is 1. The van der Waals surface area contributed by atoms with Gasteiger partial charge in [0, 0.05) is 10.0 Å². The Morgan fingerprint density at radius 3 is 2.65 bits per heavy atom. The van der Waals surface area contributed by atoms with Gasteiger partial charge in [-0.2, -0.15) is 0 Å². The van der Waals surface area contributed by atoms with Gasteiger partial charge in [0.25, 0.3) is 0 Å². The van der Waals surface area contributed by atoms with Crippen LogP contribution in [0.4, 0.5) is 0 Å². The number of benzene rings is 1. The van der Waals surface area contributed by atoms with Crippen molar-refractivity contribution in [3.8, 4) is 11.3 Å². The highest BCUT2D eigenvalue weighted by molar-refractivity contribution is 9.10. The van der Waals surface area contributed by atoms with Gasteiger partial charge in [-0.15, -0.1) is 0 Å². The van der Waals surface area contributed by atoms with Crippen molar-refractivity contribution in [2.45, 2.75) is 19.8 Å². The summed E-state index contributed by atoms with van der Waals surface area (Å²) in [5.74, 6) is 0.0996. The summed E-state index contributed by atoms with van der Waals surface area (Å²) in [6.45, 7) is 3.95. The number of imidazole rings is 1. The molecule has 0 amide bonds.